The van der Waals surface area contributed by atoms with Crippen LogP contribution in [-0.2, 0) is 24.9 Å². The predicted octanol–water partition coefficient (Wildman–Crippen LogP) is 2.25. The molecule has 1 fully saturated rings. The molecule has 25 heavy (non-hydrogen) atoms. The van der Waals surface area contributed by atoms with Gasteiger partial charge >= 0.3 is 6.03 Å². The van der Waals surface area contributed by atoms with Crippen molar-refractivity contribution in [3.05, 3.63) is 47.8 Å². The normalized spacial score (nSPS) is 14.4. The molecule has 0 saturated carbocycles. The van der Waals surface area contributed by atoms with Crippen LogP contribution in [0.25, 0.3) is 0 Å². The van der Waals surface area contributed by atoms with Gasteiger partial charge in [-0.05, 0) is 30.5 Å². The Bertz CT molecular complexity index is 755. The lowest BCUT2D eigenvalue weighted by Gasteiger charge is -2.26. The Morgan fingerprint density at radius 3 is 2.92 bits per heavy atom. The summed E-state index contributed by atoms with van der Waals surface area (Å²) in [5.74, 6) is 0.207. The van der Waals surface area contributed by atoms with Crippen molar-refractivity contribution >= 4 is 17.6 Å². The fourth-order valence-corrected chi connectivity index (χ4v) is 2.92. The number of urea groups is 1. The van der Waals surface area contributed by atoms with Crippen molar-refractivity contribution in [3.8, 4) is 0 Å². The number of hydrogen-bond donors (Lipinski definition) is 2. The van der Waals surface area contributed by atoms with E-state index in [1.165, 1.54) is 0 Å². The summed E-state index contributed by atoms with van der Waals surface area (Å²) in [6.45, 7) is 1.81. The van der Waals surface area contributed by atoms with E-state index in [2.05, 4.69) is 15.7 Å². The third-order valence-corrected chi connectivity index (χ3v) is 4.19. The number of hydrogen-bond acceptors (Lipinski definition) is 3. The smallest absolute Gasteiger partial charge is 0.319 e. The monoisotopic (exact) mass is 341 g/mol. The van der Waals surface area contributed by atoms with Crippen LogP contribution in [0.4, 0.5) is 10.5 Å². The van der Waals surface area contributed by atoms with Crippen molar-refractivity contribution in [2.75, 3.05) is 11.9 Å². The van der Waals surface area contributed by atoms with Crippen LogP contribution in [0.5, 0.6) is 0 Å². The van der Waals surface area contributed by atoms with Crippen molar-refractivity contribution < 1.29 is 9.59 Å². The largest absolute Gasteiger partial charge is 0.338 e. The number of likely N-dealkylation sites (tertiary alicyclic amines) is 1. The fourth-order valence-electron chi connectivity index (χ4n) is 2.92. The van der Waals surface area contributed by atoms with Gasteiger partial charge in [-0.3, -0.25) is 9.48 Å². The van der Waals surface area contributed by atoms with Gasteiger partial charge in [0.05, 0.1) is 6.20 Å². The fraction of sp³-hybridized carbons (Fsp3) is 0.389. The third kappa shape index (κ3) is 4.82. The molecule has 2 N–H and O–H groups in total. The number of nitrogens with one attached hydrogen (secondary N) is 2. The lowest BCUT2D eigenvalue weighted by Crippen LogP contribution is -2.34. The van der Waals surface area contributed by atoms with E-state index >= 15 is 0 Å². The van der Waals surface area contributed by atoms with Crippen molar-refractivity contribution in [2.24, 2.45) is 7.05 Å². The van der Waals surface area contributed by atoms with Crippen molar-refractivity contribution in [1.29, 1.82) is 0 Å². The minimum Gasteiger partial charge on any atom is -0.338 e. The number of benzene rings is 1. The highest BCUT2D eigenvalue weighted by Gasteiger charge is 2.18. The number of anilines is 1. The van der Waals surface area contributed by atoms with Crippen molar-refractivity contribution in [3.63, 3.8) is 0 Å². The molecule has 1 aliphatic rings. The molecule has 0 spiro atoms. The second-order valence-corrected chi connectivity index (χ2v) is 6.30. The van der Waals surface area contributed by atoms with Crippen LogP contribution in [0.3, 0.4) is 0 Å². The number of aryl methyl sites for hydroxylation is 1. The van der Waals surface area contributed by atoms with Gasteiger partial charge in [0.1, 0.15) is 0 Å². The molecule has 0 bridgehead atoms. The minimum atomic E-state index is -0.268. The Balaban J connectivity index is 1.53. The first-order valence-corrected chi connectivity index (χ1v) is 8.49. The molecule has 0 atom stereocenters. The average Bonchev–Trinajstić information content (AvgIpc) is 3.01. The molecule has 7 nitrogen and oxygen atoms in total. The summed E-state index contributed by atoms with van der Waals surface area (Å²) in [6.07, 6.45) is 6.25. The standard InChI is InChI=1S/C18H23N5O2/c1-22-12-15(11-20-22)10-19-18(25)21-16-6-4-5-14(9-16)13-23-8-3-2-7-17(23)24/h4-6,9,11-12H,2-3,7-8,10,13H2,1H3,(H2,19,21,25). The highest BCUT2D eigenvalue weighted by molar-refractivity contribution is 5.89. The first kappa shape index (κ1) is 17.0. The number of rotatable bonds is 5. The van der Waals surface area contributed by atoms with E-state index in [0.29, 0.717) is 25.2 Å². The van der Waals surface area contributed by atoms with Crippen LogP contribution in [0.2, 0.25) is 0 Å². The van der Waals surface area contributed by atoms with Crippen molar-refractivity contribution in [1.82, 2.24) is 20.0 Å². The van der Waals surface area contributed by atoms with Gasteiger partial charge in [0.2, 0.25) is 5.91 Å². The molecule has 132 valence electrons. The van der Waals surface area contributed by atoms with Crippen molar-refractivity contribution in [2.45, 2.75) is 32.4 Å². The van der Waals surface area contributed by atoms with E-state index in [9.17, 15) is 9.59 Å². The van der Waals surface area contributed by atoms with Crippen LogP contribution >= 0.6 is 0 Å². The van der Waals surface area contributed by atoms with Crippen LogP contribution in [-0.4, -0.2) is 33.2 Å². The number of aromatic nitrogens is 2. The van der Waals surface area contributed by atoms with Gasteiger partial charge in [-0.15, -0.1) is 0 Å². The summed E-state index contributed by atoms with van der Waals surface area (Å²) in [7, 11) is 1.84. The zero-order chi connectivity index (χ0) is 17.6. The number of amides is 3. The Kier molecular flexibility index (Phi) is 5.33. The number of carbonyl (C=O) groups excluding carboxylic acids is 2. The molecule has 0 unspecified atom stereocenters. The van der Waals surface area contributed by atoms with E-state index < -0.39 is 0 Å². The van der Waals surface area contributed by atoms with Gasteiger partial charge in [-0.2, -0.15) is 5.10 Å². The average molecular weight is 341 g/mol. The van der Waals surface area contributed by atoms with Crippen LogP contribution in [0, 0.1) is 0 Å². The van der Waals surface area contributed by atoms with E-state index in [1.54, 1.807) is 10.9 Å². The molecule has 1 aromatic carbocycles. The summed E-state index contributed by atoms with van der Waals surface area (Å²) >= 11 is 0. The van der Waals surface area contributed by atoms with E-state index in [1.807, 2.05) is 42.4 Å². The third-order valence-electron chi connectivity index (χ3n) is 4.19. The molecule has 3 amide bonds. The van der Waals surface area contributed by atoms with E-state index in [4.69, 9.17) is 0 Å². The van der Waals surface area contributed by atoms with Gasteiger partial charge in [-0.1, -0.05) is 12.1 Å². The quantitative estimate of drug-likeness (QED) is 0.875. The molecule has 2 aromatic rings. The molecule has 1 aromatic heterocycles. The molecular formula is C18H23N5O2. The zero-order valence-corrected chi connectivity index (χ0v) is 14.4. The summed E-state index contributed by atoms with van der Waals surface area (Å²) in [5.41, 5.74) is 2.67. The Morgan fingerprint density at radius 1 is 1.28 bits per heavy atom. The summed E-state index contributed by atoms with van der Waals surface area (Å²) in [4.78, 5) is 25.8. The molecule has 3 rings (SSSR count). The van der Waals surface area contributed by atoms with Gasteiger partial charge in [0, 0.05) is 50.6 Å². The second kappa shape index (κ2) is 7.83. The lowest BCUT2D eigenvalue weighted by atomic mass is 10.1. The summed E-state index contributed by atoms with van der Waals surface area (Å²) < 4.78 is 1.69. The maximum absolute atomic E-state index is 12.0. The highest BCUT2D eigenvalue weighted by atomic mass is 16.2. The lowest BCUT2D eigenvalue weighted by molar-refractivity contribution is -0.133. The van der Waals surface area contributed by atoms with Gasteiger partial charge in [0.15, 0.2) is 0 Å². The van der Waals surface area contributed by atoms with E-state index in [-0.39, 0.29) is 11.9 Å². The molecule has 7 heteroatoms. The SMILES string of the molecule is Cn1cc(CNC(=O)Nc2cccc(CN3CCCCC3=O)c2)cn1. The molecule has 0 aliphatic carbocycles. The van der Waals surface area contributed by atoms with E-state index in [0.717, 1.165) is 30.5 Å². The molecule has 0 radical (unpaired) electrons. The zero-order valence-electron chi connectivity index (χ0n) is 14.4. The Labute approximate surface area is 147 Å². The van der Waals surface area contributed by atoms with Crippen LogP contribution in [0.1, 0.15) is 30.4 Å². The highest BCUT2D eigenvalue weighted by Crippen LogP contribution is 2.17. The minimum absolute atomic E-state index is 0.207. The summed E-state index contributed by atoms with van der Waals surface area (Å²) in [6, 6.07) is 7.34. The maximum atomic E-state index is 12.0. The Hall–Kier alpha value is -2.83. The Morgan fingerprint density at radius 2 is 2.16 bits per heavy atom. The van der Waals surface area contributed by atoms with Gasteiger partial charge < -0.3 is 15.5 Å². The maximum Gasteiger partial charge on any atom is 0.319 e. The number of carbonyl (C=O) groups is 2. The molecule has 1 aliphatic heterocycles. The second-order valence-electron chi connectivity index (χ2n) is 6.30. The van der Waals surface area contributed by atoms with Gasteiger partial charge in [0.25, 0.3) is 0 Å². The molecular weight excluding hydrogens is 318 g/mol. The molecule has 2 heterocycles. The molecule has 1 saturated heterocycles. The number of piperidine rings is 1. The van der Waals surface area contributed by atoms with Gasteiger partial charge in [-0.25, -0.2) is 4.79 Å². The van der Waals surface area contributed by atoms with Crippen LogP contribution < -0.4 is 10.6 Å². The topological polar surface area (TPSA) is 79.3 Å². The number of nitrogens with zero attached hydrogens (tertiary/aromatic N) is 3. The summed E-state index contributed by atoms with van der Waals surface area (Å²) in [5, 5.41) is 9.69. The van der Waals surface area contributed by atoms with Crippen LogP contribution in [0.15, 0.2) is 36.7 Å². The predicted molar refractivity (Wildman–Crippen MR) is 94.8 cm³/mol. The first-order valence-electron chi connectivity index (χ1n) is 8.49. The first-order chi connectivity index (χ1) is 12.1.